The molecule has 8 nitrogen and oxygen atoms in total. The van der Waals surface area contributed by atoms with Crippen LogP contribution in [0, 0.1) is 6.92 Å². The number of hydrogen-bond donors (Lipinski definition) is 2. The van der Waals surface area contributed by atoms with Crippen molar-refractivity contribution >= 4 is 27.7 Å². The Morgan fingerprint density at radius 1 is 1.26 bits per heavy atom. The van der Waals surface area contributed by atoms with Crippen LogP contribution < -0.4 is 11.1 Å². The van der Waals surface area contributed by atoms with E-state index in [0.29, 0.717) is 16.9 Å². The van der Waals surface area contributed by atoms with Gasteiger partial charge in [0.1, 0.15) is 11.4 Å². The van der Waals surface area contributed by atoms with Gasteiger partial charge in [0, 0.05) is 18.8 Å². The van der Waals surface area contributed by atoms with Crippen molar-refractivity contribution in [2.75, 3.05) is 18.1 Å². The van der Waals surface area contributed by atoms with Gasteiger partial charge in [-0.15, -0.1) is 0 Å². The molecule has 0 saturated heterocycles. The van der Waals surface area contributed by atoms with E-state index in [1.165, 1.54) is 13.2 Å². The number of carbonyl (C=O) groups is 1. The fourth-order valence-electron chi connectivity index (χ4n) is 2.83. The second kappa shape index (κ2) is 6.66. The molecule has 3 N–H and O–H groups in total. The molecular weight excluding hydrogens is 366 g/mol. The predicted molar refractivity (Wildman–Crippen MR) is 104 cm³/mol. The first-order valence-corrected chi connectivity index (χ1v) is 9.88. The van der Waals surface area contributed by atoms with Gasteiger partial charge in [0.25, 0.3) is 5.91 Å². The molecule has 0 aliphatic carbocycles. The summed E-state index contributed by atoms with van der Waals surface area (Å²) in [5.74, 6) is -0.300. The summed E-state index contributed by atoms with van der Waals surface area (Å²) in [6.45, 7) is 3.63. The van der Waals surface area contributed by atoms with Crippen LogP contribution in [0.25, 0.3) is 0 Å². The number of nitrogens with two attached hydrogens (primary N) is 1. The molecule has 0 fully saturated rings. The number of anilines is 1. The van der Waals surface area contributed by atoms with Crippen molar-refractivity contribution in [1.82, 2.24) is 9.29 Å². The highest BCUT2D eigenvalue weighted by molar-refractivity contribution is 7.89. The number of pyridine rings is 1. The van der Waals surface area contributed by atoms with Crippen LogP contribution in [0.4, 0.5) is 5.82 Å². The Labute approximate surface area is 158 Å². The van der Waals surface area contributed by atoms with Gasteiger partial charge in [-0.2, -0.15) is 0 Å². The third kappa shape index (κ3) is 3.77. The molecule has 1 aliphatic heterocycles. The molecule has 1 aromatic heterocycles. The lowest BCUT2D eigenvalue weighted by Crippen LogP contribution is -2.50. The largest absolute Gasteiger partial charge is 0.369 e. The smallest absolute Gasteiger partial charge is 0.256 e. The summed E-state index contributed by atoms with van der Waals surface area (Å²) in [6.07, 6.45) is 1.50. The van der Waals surface area contributed by atoms with E-state index in [9.17, 15) is 13.2 Å². The second-order valence-electron chi connectivity index (χ2n) is 6.72. The normalized spacial score (nSPS) is 21.4. The van der Waals surface area contributed by atoms with Crippen molar-refractivity contribution in [2.24, 2.45) is 10.7 Å². The Morgan fingerprint density at radius 3 is 2.56 bits per heavy atom. The molecule has 0 radical (unpaired) electrons. The molecule has 0 spiro atoms. The van der Waals surface area contributed by atoms with E-state index in [1.54, 1.807) is 31.2 Å². The predicted octanol–water partition coefficient (Wildman–Crippen LogP) is 1.45. The van der Waals surface area contributed by atoms with Crippen LogP contribution in [0.2, 0.25) is 0 Å². The Morgan fingerprint density at radius 2 is 1.93 bits per heavy atom. The van der Waals surface area contributed by atoms with Crippen LogP contribution in [0.15, 0.2) is 47.6 Å². The van der Waals surface area contributed by atoms with Gasteiger partial charge in [0.2, 0.25) is 16.0 Å². The summed E-state index contributed by atoms with van der Waals surface area (Å²) in [5.41, 5.74) is 6.87. The average molecular weight is 387 g/mol. The Balaban J connectivity index is 1.89. The van der Waals surface area contributed by atoms with E-state index in [-0.39, 0.29) is 17.6 Å². The van der Waals surface area contributed by atoms with Crippen LogP contribution in [-0.4, -0.2) is 42.4 Å². The monoisotopic (exact) mass is 387 g/mol. The number of benzene rings is 1. The lowest BCUT2D eigenvalue weighted by Gasteiger charge is -2.34. The summed E-state index contributed by atoms with van der Waals surface area (Å²) >= 11 is 0. The highest BCUT2D eigenvalue weighted by atomic mass is 32.2. The molecule has 0 bridgehead atoms. The topological polar surface area (TPSA) is 118 Å². The molecular formula is C18H21N5O3S. The Hall–Kier alpha value is -2.94. The molecule has 1 aromatic carbocycles. The van der Waals surface area contributed by atoms with Gasteiger partial charge in [-0.25, -0.2) is 22.7 Å². The number of hydrogen-bond acceptors (Lipinski definition) is 6. The number of amides is 1. The van der Waals surface area contributed by atoms with Crippen LogP contribution in [0.1, 0.15) is 28.4 Å². The van der Waals surface area contributed by atoms with Gasteiger partial charge in [0.05, 0.1) is 5.75 Å². The maximum absolute atomic E-state index is 12.4. The van der Waals surface area contributed by atoms with Crippen molar-refractivity contribution in [3.63, 3.8) is 0 Å². The van der Waals surface area contributed by atoms with Crippen LogP contribution in [0.5, 0.6) is 0 Å². The van der Waals surface area contributed by atoms with Gasteiger partial charge in [-0.1, -0.05) is 17.7 Å². The lowest BCUT2D eigenvalue weighted by molar-refractivity contribution is 0.102. The quantitative estimate of drug-likeness (QED) is 0.826. The van der Waals surface area contributed by atoms with Crippen molar-refractivity contribution in [3.8, 4) is 0 Å². The van der Waals surface area contributed by atoms with Crippen molar-refractivity contribution in [1.29, 1.82) is 0 Å². The highest BCUT2D eigenvalue weighted by Crippen LogP contribution is 2.32. The van der Waals surface area contributed by atoms with Crippen molar-refractivity contribution < 1.29 is 13.2 Å². The van der Waals surface area contributed by atoms with Gasteiger partial charge >= 0.3 is 0 Å². The molecule has 142 valence electrons. The maximum atomic E-state index is 12.4. The number of aromatic nitrogens is 1. The molecule has 1 aliphatic rings. The summed E-state index contributed by atoms with van der Waals surface area (Å²) in [7, 11) is -2.21. The third-order valence-corrected chi connectivity index (χ3v) is 6.45. The van der Waals surface area contributed by atoms with Crippen LogP contribution >= 0.6 is 0 Å². The molecule has 0 unspecified atom stereocenters. The van der Waals surface area contributed by atoms with Crippen molar-refractivity contribution in [2.45, 2.75) is 19.4 Å². The fourth-order valence-corrected chi connectivity index (χ4v) is 4.29. The standard InChI is InChI=1S/C18H21N5O3S/c1-12-4-6-13(7-5-12)16(24)21-15-10-14(8-9-20-15)18(2)11-27(25,26)23(3)17(19)22-18/h4-10H,11H2,1-3H3,(H2,19,22)(H,20,21,24)/t18-/m0/s1. The summed E-state index contributed by atoms with van der Waals surface area (Å²) in [6, 6.07) is 10.4. The van der Waals surface area contributed by atoms with Crippen LogP contribution in [-0.2, 0) is 15.6 Å². The van der Waals surface area contributed by atoms with E-state index in [4.69, 9.17) is 5.73 Å². The molecule has 3 rings (SSSR count). The first-order valence-electron chi connectivity index (χ1n) is 8.27. The zero-order chi connectivity index (χ0) is 19.8. The minimum Gasteiger partial charge on any atom is -0.369 e. The Kier molecular flexibility index (Phi) is 4.64. The fraction of sp³-hybridized carbons (Fsp3) is 0.278. The Bertz CT molecular complexity index is 1020. The number of nitrogens with one attached hydrogen (secondary N) is 1. The number of sulfonamides is 1. The van der Waals surface area contributed by atoms with Gasteiger partial charge in [-0.3, -0.25) is 4.79 Å². The first-order chi connectivity index (χ1) is 12.6. The van der Waals surface area contributed by atoms with Gasteiger partial charge in [0.15, 0.2) is 0 Å². The maximum Gasteiger partial charge on any atom is 0.256 e. The summed E-state index contributed by atoms with van der Waals surface area (Å²) < 4.78 is 25.6. The molecule has 27 heavy (non-hydrogen) atoms. The lowest BCUT2D eigenvalue weighted by atomic mass is 9.95. The zero-order valence-corrected chi connectivity index (χ0v) is 16.1. The van der Waals surface area contributed by atoms with Gasteiger partial charge < -0.3 is 11.1 Å². The average Bonchev–Trinajstić information content (AvgIpc) is 2.60. The van der Waals surface area contributed by atoms with Gasteiger partial charge in [-0.05, 0) is 43.7 Å². The van der Waals surface area contributed by atoms with E-state index >= 15 is 0 Å². The SMILES string of the molecule is Cc1ccc(C(=O)Nc2cc([C@]3(C)CS(=O)(=O)N(C)C(N)=N3)ccn2)cc1. The molecule has 2 heterocycles. The molecule has 2 aromatic rings. The number of aryl methyl sites for hydroxylation is 1. The molecule has 0 saturated carbocycles. The zero-order valence-electron chi connectivity index (χ0n) is 15.3. The van der Waals surface area contributed by atoms with Crippen LogP contribution in [0.3, 0.4) is 0 Å². The van der Waals surface area contributed by atoms with E-state index in [2.05, 4.69) is 15.3 Å². The molecule has 1 amide bonds. The second-order valence-corrected chi connectivity index (χ2v) is 8.72. The number of nitrogens with zero attached hydrogens (tertiary/aromatic N) is 3. The number of guanidine groups is 1. The summed E-state index contributed by atoms with van der Waals surface area (Å²) in [5, 5.41) is 2.73. The molecule has 9 heteroatoms. The summed E-state index contributed by atoms with van der Waals surface area (Å²) in [4.78, 5) is 20.9. The number of carbonyl (C=O) groups excluding carboxylic acids is 1. The third-order valence-electron chi connectivity index (χ3n) is 4.50. The number of aliphatic imine (C=N–C) groups is 1. The van der Waals surface area contributed by atoms with Crippen molar-refractivity contribution in [3.05, 3.63) is 59.3 Å². The minimum atomic E-state index is -3.58. The molecule has 1 atom stereocenters. The minimum absolute atomic E-state index is 0.0780. The van der Waals surface area contributed by atoms with E-state index in [0.717, 1.165) is 9.87 Å². The first kappa shape index (κ1) is 18.8. The van der Waals surface area contributed by atoms with E-state index < -0.39 is 15.6 Å². The number of rotatable bonds is 3. The van der Waals surface area contributed by atoms with E-state index in [1.807, 2.05) is 19.1 Å². The highest BCUT2D eigenvalue weighted by Gasteiger charge is 2.40.